The Morgan fingerprint density at radius 3 is 2.03 bits per heavy atom. The lowest BCUT2D eigenvalue weighted by atomic mass is 9.94. The van der Waals surface area contributed by atoms with Gasteiger partial charge in [0.15, 0.2) is 12.6 Å². The van der Waals surface area contributed by atoms with Crippen LogP contribution in [-0.4, -0.2) is 130 Å². The Kier molecular flexibility index (Phi) is 10.1. The van der Waals surface area contributed by atoms with Gasteiger partial charge in [-0.2, -0.15) is 0 Å². The Hall–Kier alpha value is -2.73. The maximum Gasteiger partial charge on any atom is 0.336 e. The standard InChI is InChI=1S/C23H32N2O13/c1-9(28)24-15-17(30)19(13(8-27)37-22(15)35-2)38-23-18(31)14(16(29)12(7-26)36-23)25-20(32)10-5-3-4-6-11(10)21(33)34/h3-6,12-19,22-23,26-27,29-31H,7-8H2,1-2H3,(H,24,28)(H,25,32)(H,33,34)/t12-,13-,14+,15-,16+,17-,18-,19-,22?,23+/m1/s1. The Labute approximate surface area is 216 Å². The van der Waals surface area contributed by atoms with Crippen molar-refractivity contribution in [3.8, 4) is 0 Å². The molecule has 2 aliphatic rings. The van der Waals surface area contributed by atoms with E-state index >= 15 is 0 Å². The third kappa shape index (κ3) is 6.28. The van der Waals surface area contributed by atoms with Crippen molar-refractivity contribution in [1.29, 1.82) is 0 Å². The molecule has 1 unspecified atom stereocenters. The van der Waals surface area contributed by atoms with E-state index in [2.05, 4.69) is 10.6 Å². The summed E-state index contributed by atoms with van der Waals surface area (Å²) >= 11 is 0. The molecule has 3 rings (SSSR count). The minimum absolute atomic E-state index is 0.246. The largest absolute Gasteiger partial charge is 0.478 e. The van der Waals surface area contributed by atoms with Gasteiger partial charge in [-0.05, 0) is 12.1 Å². The molecule has 2 aliphatic heterocycles. The number of hydrogen-bond acceptors (Lipinski definition) is 12. The quantitative estimate of drug-likeness (QED) is 0.151. The van der Waals surface area contributed by atoms with Crippen LogP contribution in [0.15, 0.2) is 24.3 Å². The number of hydrogen-bond donors (Lipinski definition) is 8. The lowest BCUT2D eigenvalue weighted by molar-refractivity contribution is -0.336. The Morgan fingerprint density at radius 1 is 0.868 bits per heavy atom. The van der Waals surface area contributed by atoms with Crippen LogP contribution in [0.3, 0.4) is 0 Å². The highest BCUT2D eigenvalue weighted by molar-refractivity contribution is 6.04. The lowest BCUT2D eigenvalue weighted by Crippen LogP contribution is -2.69. The maximum atomic E-state index is 12.9. The van der Waals surface area contributed by atoms with Gasteiger partial charge in [0.25, 0.3) is 5.91 Å². The zero-order chi connectivity index (χ0) is 28.1. The number of carbonyl (C=O) groups excluding carboxylic acids is 2. The van der Waals surface area contributed by atoms with Gasteiger partial charge in [-0.3, -0.25) is 9.59 Å². The van der Waals surface area contributed by atoms with Gasteiger partial charge in [-0.25, -0.2) is 4.79 Å². The number of aromatic carboxylic acids is 1. The lowest BCUT2D eigenvalue weighted by Gasteiger charge is -2.47. The van der Waals surface area contributed by atoms with Crippen molar-refractivity contribution in [2.45, 2.75) is 68.2 Å². The molecule has 15 nitrogen and oxygen atoms in total. The molecule has 8 N–H and O–H groups in total. The SMILES string of the molecule is COC1O[C@H](CO)[C@@H](O[C@@H]2O[C@H](CO)[C@H](O)[C@H](NC(=O)c3ccccc3C(=O)O)[C@H]2O)[C@H](O)[C@H]1NC(C)=O. The van der Waals surface area contributed by atoms with E-state index < -0.39 is 92.3 Å². The summed E-state index contributed by atoms with van der Waals surface area (Å²) in [7, 11) is 1.26. The van der Waals surface area contributed by atoms with Crippen LogP contribution in [0.2, 0.25) is 0 Å². The third-order valence-electron chi connectivity index (χ3n) is 6.33. The van der Waals surface area contributed by atoms with Crippen LogP contribution in [-0.2, 0) is 23.7 Å². The number of carbonyl (C=O) groups is 3. The molecule has 1 aromatic rings. The van der Waals surface area contributed by atoms with E-state index in [1.165, 1.54) is 38.3 Å². The summed E-state index contributed by atoms with van der Waals surface area (Å²) in [5.74, 6) is -2.84. The number of aliphatic hydroxyl groups is 5. The second-order valence-corrected chi connectivity index (χ2v) is 8.84. The third-order valence-corrected chi connectivity index (χ3v) is 6.33. The number of ether oxygens (including phenoxy) is 4. The van der Waals surface area contributed by atoms with Crippen LogP contribution < -0.4 is 10.6 Å². The fraction of sp³-hybridized carbons (Fsp3) is 0.609. The average molecular weight is 545 g/mol. The molecule has 38 heavy (non-hydrogen) atoms. The second-order valence-electron chi connectivity index (χ2n) is 8.84. The Morgan fingerprint density at radius 2 is 1.47 bits per heavy atom. The summed E-state index contributed by atoms with van der Waals surface area (Å²) in [6.07, 6.45) is -11.9. The highest BCUT2D eigenvalue weighted by Gasteiger charge is 2.51. The fourth-order valence-electron chi connectivity index (χ4n) is 4.45. The molecule has 0 aromatic heterocycles. The van der Waals surface area contributed by atoms with E-state index in [9.17, 15) is 45.0 Å². The first-order chi connectivity index (χ1) is 18.0. The molecule has 10 atom stereocenters. The normalized spacial score (nSPS) is 35.3. The van der Waals surface area contributed by atoms with Crippen LogP contribution in [0, 0.1) is 0 Å². The monoisotopic (exact) mass is 544 g/mol. The number of aliphatic hydroxyl groups excluding tert-OH is 5. The van der Waals surface area contributed by atoms with E-state index in [0.717, 1.165) is 0 Å². The van der Waals surface area contributed by atoms with Crippen LogP contribution in [0.4, 0.5) is 0 Å². The number of methoxy groups -OCH3 is 1. The molecule has 2 heterocycles. The molecular formula is C23H32N2O13. The first-order valence-corrected chi connectivity index (χ1v) is 11.7. The van der Waals surface area contributed by atoms with Crippen LogP contribution in [0.25, 0.3) is 0 Å². The van der Waals surface area contributed by atoms with Gasteiger partial charge in [0.05, 0.1) is 30.4 Å². The highest BCUT2D eigenvalue weighted by atomic mass is 16.7. The van der Waals surface area contributed by atoms with Gasteiger partial charge in [0.1, 0.15) is 42.7 Å². The van der Waals surface area contributed by atoms with Crippen LogP contribution in [0.5, 0.6) is 0 Å². The molecular weight excluding hydrogens is 512 g/mol. The van der Waals surface area contributed by atoms with E-state index in [1.807, 2.05) is 0 Å². The number of nitrogens with one attached hydrogen (secondary N) is 2. The van der Waals surface area contributed by atoms with Crippen molar-refractivity contribution < 1.29 is 64.0 Å². The summed E-state index contributed by atoms with van der Waals surface area (Å²) in [6.45, 7) is -0.237. The summed E-state index contributed by atoms with van der Waals surface area (Å²) in [4.78, 5) is 36.0. The molecule has 15 heteroatoms. The van der Waals surface area contributed by atoms with Crippen molar-refractivity contribution in [1.82, 2.24) is 10.6 Å². The second kappa shape index (κ2) is 12.9. The predicted molar refractivity (Wildman–Crippen MR) is 124 cm³/mol. The van der Waals surface area contributed by atoms with Gasteiger partial charge < -0.3 is 60.2 Å². The molecule has 0 radical (unpaired) electrons. The van der Waals surface area contributed by atoms with Crippen LogP contribution in [0.1, 0.15) is 27.6 Å². The smallest absolute Gasteiger partial charge is 0.336 e. The van der Waals surface area contributed by atoms with Crippen molar-refractivity contribution in [3.63, 3.8) is 0 Å². The molecule has 0 saturated carbocycles. The molecule has 212 valence electrons. The fourth-order valence-corrected chi connectivity index (χ4v) is 4.45. The minimum Gasteiger partial charge on any atom is -0.478 e. The zero-order valence-corrected chi connectivity index (χ0v) is 20.5. The van der Waals surface area contributed by atoms with Gasteiger partial charge >= 0.3 is 5.97 Å². The number of rotatable bonds is 9. The summed E-state index contributed by atoms with van der Waals surface area (Å²) in [5.41, 5.74) is -0.568. The van der Waals surface area contributed by atoms with Crippen LogP contribution >= 0.6 is 0 Å². The molecule has 0 aliphatic carbocycles. The van der Waals surface area contributed by atoms with Crippen molar-refractivity contribution >= 4 is 17.8 Å². The molecule has 1 aromatic carbocycles. The predicted octanol–water partition coefficient (Wildman–Crippen LogP) is -3.46. The van der Waals surface area contributed by atoms with E-state index in [0.29, 0.717) is 0 Å². The Bertz CT molecular complexity index is 994. The summed E-state index contributed by atoms with van der Waals surface area (Å²) < 4.78 is 21.9. The van der Waals surface area contributed by atoms with Crippen molar-refractivity contribution in [2.75, 3.05) is 20.3 Å². The van der Waals surface area contributed by atoms with Gasteiger partial charge in [0, 0.05) is 14.0 Å². The number of carboxylic acids is 1. The zero-order valence-electron chi connectivity index (χ0n) is 20.5. The van der Waals surface area contributed by atoms with Gasteiger partial charge in [0.2, 0.25) is 5.91 Å². The van der Waals surface area contributed by atoms with E-state index in [1.54, 1.807) is 0 Å². The van der Waals surface area contributed by atoms with E-state index in [-0.39, 0.29) is 11.1 Å². The molecule has 0 bridgehead atoms. The molecule has 0 spiro atoms. The average Bonchev–Trinajstić information content (AvgIpc) is 2.89. The number of amides is 2. The molecule has 2 saturated heterocycles. The Balaban J connectivity index is 1.85. The number of carboxylic acid groups (broad SMARTS) is 1. The first kappa shape index (κ1) is 29.8. The minimum atomic E-state index is -1.81. The molecule has 2 amide bonds. The van der Waals surface area contributed by atoms with Gasteiger partial charge in [-0.1, -0.05) is 12.1 Å². The van der Waals surface area contributed by atoms with Gasteiger partial charge in [-0.15, -0.1) is 0 Å². The first-order valence-electron chi connectivity index (χ1n) is 11.7. The van der Waals surface area contributed by atoms with Crippen molar-refractivity contribution in [2.24, 2.45) is 0 Å². The number of benzene rings is 1. The maximum absolute atomic E-state index is 12.9. The van der Waals surface area contributed by atoms with Crippen molar-refractivity contribution in [3.05, 3.63) is 35.4 Å². The topological polar surface area (TPSA) is 234 Å². The summed E-state index contributed by atoms with van der Waals surface area (Å²) in [5, 5.41) is 66.3. The van der Waals surface area contributed by atoms with E-state index in [4.69, 9.17) is 18.9 Å². The summed E-state index contributed by atoms with van der Waals surface area (Å²) in [6, 6.07) is 2.63. The highest BCUT2D eigenvalue weighted by Crippen LogP contribution is 2.29. The molecule has 2 fully saturated rings.